The van der Waals surface area contributed by atoms with Gasteiger partial charge in [-0.3, -0.25) is 5.32 Å². The topological polar surface area (TPSA) is 87.4 Å². The average Bonchev–Trinajstić information content (AvgIpc) is 2.83. The minimum absolute atomic E-state index is 0.0202. The largest absolute Gasteiger partial charge is 0.508 e. The molecular formula is C15H19N3O3. The number of hydrogen-bond donors (Lipinski definition) is 3. The Kier molecular flexibility index (Phi) is 4.81. The number of aryl methyl sites for hydroxylation is 2. The minimum atomic E-state index is -0.304. The third-order valence-electron chi connectivity index (χ3n) is 3.05. The van der Waals surface area contributed by atoms with E-state index in [9.17, 15) is 9.90 Å². The van der Waals surface area contributed by atoms with E-state index in [-0.39, 0.29) is 17.8 Å². The van der Waals surface area contributed by atoms with E-state index in [4.69, 9.17) is 4.52 Å². The Labute approximate surface area is 123 Å². The summed E-state index contributed by atoms with van der Waals surface area (Å²) in [5.74, 6) is 1.30. The molecule has 0 bridgehead atoms. The number of phenols is 1. The number of aromatic nitrogens is 1. The Morgan fingerprint density at radius 2 is 2.10 bits per heavy atom. The van der Waals surface area contributed by atoms with E-state index in [1.807, 2.05) is 19.1 Å². The molecule has 6 heteroatoms. The van der Waals surface area contributed by atoms with Crippen molar-refractivity contribution < 1.29 is 14.4 Å². The van der Waals surface area contributed by atoms with Crippen LogP contribution in [0.4, 0.5) is 10.6 Å². The lowest BCUT2D eigenvalue weighted by Gasteiger charge is -2.13. The van der Waals surface area contributed by atoms with Crippen LogP contribution in [0.25, 0.3) is 0 Å². The molecule has 0 saturated carbocycles. The second kappa shape index (κ2) is 6.78. The lowest BCUT2D eigenvalue weighted by Crippen LogP contribution is -2.36. The molecule has 0 radical (unpaired) electrons. The highest BCUT2D eigenvalue weighted by atomic mass is 16.5. The van der Waals surface area contributed by atoms with Crippen LogP contribution in [-0.2, 0) is 6.42 Å². The molecule has 3 N–H and O–H groups in total. The number of nitrogens with zero attached hydrogens (tertiary/aromatic N) is 1. The van der Waals surface area contributed by atoms with Crippen LogP contribution in [-0.4, -0.2) is 22.3 Å². The summed E-state index contributed by atoms with van der Waals surface area (Å²) in [4.78, 5) is 11.8. The fourth-order valence-electron chi connectivity index (χ4n) is 1.92. The maximum Gasteiger partial charge on any atom is 0.320 e. The van der Waals surface area contributed by atoms with Crippen LogP contribution in [0.3, 0.4) is 0 Å². The normalized spacial score (nSPS) is 11.9. The van der Waals surface area contributed by atoms with E-state index in [0.717, 1.165) is 18.4 Å². The Morgan fingerprint density at radius 1 is 1.38 bits per heavy atom. The molecule has 2 amide bonds. The third kappa shape index (κ3) is 4.83. The number of amides is 2. The standard InChI is InChI=1S/C15H19N3O3/c1-10(3-4-12-5-7-13(19)8-6-12)16-15(20)17-14-9-11(2)21-18-14/h5-10,19H,3-4H2,1-2H3,(H2,16,17,18,20). The molecule has 0 spiro atoms. The summed E-state index contributed by atoms with van der Waals surface area (Å²) in [5, 5.41) is 18.4. The molecule has 0 aliphatic carbocycles. The van der Waals surface area contributed by atoms with Crippen molar-refractivity contribution in [1.29, 1.82) is 0 Å². The second-order valence-electron chi connectivity index (χ2n) is 5.03. The summed E-state index contributed by atoms with van der Waals surface area (Å²) in [7, 11) is 0. The van der Waals surface area contributed by atoms with Gasteiger partial charge in [-0.05, 0) is 44.4 Å². The predicted molar refractivity (Wildman–Crippen MR) is 79.3 cm³/mol. The maximum atomic E-state index is 11.8. The van der Waals surface area contributed by atoms with E-state index in [1.54, 1.807) is 25.1 Å². The highest BCUT2D eigenvalue weighted by molar-refractivity contribution is 5.88. The molecule has 2 rings (SSSR count). The van der Waals surface area contributed by atoms with Gasteiger partial charge in [0, 0.05) is 12.1 Å². The molecule has 1 heterocycles. The molecule has 0 fully saturated rings. The van der Waals surface area contributed by atoms with Gasteiger partial charge in [0.1, 0.15) is 11.5 Å². The number of benzene rings is 1. The Balaban J connectivity index is 1.74. The van der Waals surface area contributed by atoms with Crippen LogP contribution in [0, 0.1) is 6.92 Å². The molecule has 1 unspecified atom stereocenters. The first kappa shape index (κ1) is 14.9. The zero-order valence-corrected chi connectivity index (χ0v) is 12.1. The Morgan fingerprint density at radius 3 is 2.71 bits per heavy atom. The summed E-state index contributed by atoms with van der Waals surface area (Å²) in [6, 6.07) is 8.44. The van der Waals surface area contributed by atoms with Crippen LogP contribution in [0.2, 0.25) is 0 Å². The molecule has 0 aliphatic rings. The van der Waals surface area contributed by atoms with Crippen molar-refractivity contribution in [2.75, 3.05) is 5.32 Å². The number of nitrogens with one attached hydrogen (secondary N) is 2. The van der Waals surface area contributed by atoms with Crippen molar-refractivity contribution in [3.63, 3.8) is 0 Å². The lowest BCUT2D eigenvalue weighted by atomic mass is 10.1. The molecule has 1 aromatic heterocycles. The maximum absolute atomic E-state index is 11.8. The second-order valence-corrected chi connectivity index (χ2v) is 5.03. The molecule has 6 nitrogen and oxygen atoms in total. The molecular weight excluding hydrogens is 270 g/mol. The van der Waals surface area contributed by atoms with Gasteiger partial charge in [0.05, 0.1) is 0 Å². The van der Waals surface area contributed by atoms with Gasteiger partial charge in [0.2, 0.25) is 0 Å². The molecule has 1 aromatic carbocycles. The molecule has 0 aliphatic heterocycles. The van der Waals surface area contributed by atoms with Gasteiger partial charge >= 0.3 is 6.03 Å². The van der Waals surface area contributed by atoms with E-state index >= 15 is 0 Å². The molecule has 21 heavy (non-hydrogen) atoms. The van der Waals surface area contributed by atoms with Gasteiger partial charge in [-0.1, -0.05) is 17.3 Å². The quantitative estimate of drug-likeness (QED) is 0.789. The van der Waals surface area contributed by atoms with Crippen molar-refractivity contribution in [2.24, 2.45) is 0 Å². The molecule has 2 aromatic rings. The molecule has 112 valence electrons. The fourth-order valence-corrected chi connectivity index (χ4v) is 1.92. The third-order valence-corrected chi connectivity index (χ3v) is 3.05. The fraction of sp³-hybridized carbons (Fsp3) is 0.333. The number of urea groups is 1. The monoisotopic (exact) mass is 289 g/mol. The van der Waals surface area contributed by atoms with Crippen LogP contribution >= 0.6 is 0 Å². The number of carbonyl (C=O) groups excluding carboxylic acids is 1. The van der Waals surface area contributed by atoms with Crippen LogP contribution < -0.4 is 10.6 Å². The number of phenolic OH excluding ortho intramolecular Hbond substituents is 1. The van der Waals surface area contributed by atoms with E-state index in [0.29, 0.717) is 11.6 Å². The van der Waals surface area contributed by atoms with E-state index in [2.05, 4.69) is 15.8 Å². The summed E-state index contributed by atoms with van der Waals surface area (Å²) in [6.07, 6.45) is 1.63. The van der Waals surface area contributed by atoms with Gasteiger partial charge in [0.15, 0.2) is 5.82 Å². The average molecular weight is 289 g/mol. The van der Waals surface area contributed by atoms with Gasteiger partial charge in [-0.15, -0.1) is 0 Å². The number of anilines is 1. The first-order valence-electron chi connectivity index (χ1n) is 6.81. The zero-order chi connectivity index (χ0) is 15.2. The van der Waals surface area contributed by atoms with Crippen molar-refractivity contribution in [1.82, 2.24) is 10.5 Å². The zero-order valence-electron chi connectivity index (χ0n) is 12.1. The number of rotatable bonds is 5. The Bertz CT molecular complexity index is 592. The highest BCUT2D eigenvalue weighted by Crippen LogP contribution is 2.12. The van der Waals surface area contributed by atoms with Crippen LogP contribution in [0.1, 0.15) is 24.7 Å². The minimum Gasteiger partial charge on any atom is -0.508 e. The first-order valence-corrected chi connectivity index (χ1v) is 6.81. The predicted octanol–water partition coefficient (Wildman–Crippen LogP) is 2.83. The van der Waals surface area contributed by atoms with E-state index < -0.39 is 0 Å². The van der Waals surface area contributed by atoms with Gasteiger partial charge in [0.25, 0.3) is 0 Å². The lowest BCUT2D eigenvalue weighted by molar-refractivity contribution is 0.248. The summed E-state index contributed by atoms with van der Waals surface area (Å²) >= 11 is 0. The highest BCUT2D eigenvalue weighted by Gasteiger charge is 2.09. The van der Waals surface area contributed by atoms with Crippen LogP contribution in [0.15, 0.2) is 34.9 Å². The first-order chi connectivity index (χ1) is 10.0. The van der Waals surface area contributed by atoms with Crippen molar-refractivity contribution in [3.8, 4) is 5.75 Å². The van der Waals surface area contributed by atoms with Crippen LogP contribution in [0.5, 0.6) is 5.75 Å². The van der Waals surface area contributed by atoms with Crippen molar-refractivity contribution >= 4 is 11.8 Å². The Hall–Kier alpha value is -2.50. The van der Waals surface area contributed by atoms with Gasteiger partial charge < -0.3 is 14.9 Å². The van der Waals surface area contributed by atoms with Crippen molar-refractivity contribution in [2.45, 2.75) is 32.7 Å². The number of aromatic hydroxyl groups is 1. The summed E-state index contributed by atoms with van der Waals surface area (Å²) in [6.45, 7) is 3.70. The van der Waals surface area contributed by atoms with Gasteiger partial charge in [-0.2, -0.15) is 0 Å². The van der Waals surface area contributed by atoms with E-state index in [1.165, 1.54) is 0 Å². The molecule has 1 atom stereocenters. The number of carbonyl (C=O) groups is 1. The smallest absolute Gasteiger partial charge is 0.320 e. The summed E-state index contributed by atoms with van der Waals surface area (Å²) < 4.78 is 4.87. The van der Waals surface area contributed by atoms with Crippen molar-refractivity contribution in [3.05, 3.63) is 41.7 Å². The SMILES string of the molecule is Cc1cc(NC(=O)NC(C)CCc2ccc(O)cc2)no1. The summed E-state index contributed by atoms with van der Waals surface area (Å²) in [5.41, 5.74) is 1.12. The van der Waals surface area contributed by atoms with Gasteiger partial charge in [-0.25, -0.2) is 4.79 Å². The molecule has 0 saturated heterocycles. The number of hydrogen-bond acceptors (Lipinski definition) is 4.